The fourth-order valence-electron chi connectivity index (χ4n) is 4.86. The summed E-state index contributed by atoms with van der Waals surface area (Å²) >= 11 is 0. The SMILES string of the molecule is COC(=O)Cc1c(C)c2c3c(cc(C)n3CCN2c2ncc(O)cn2)c1-c1ccc(C)cc1. The van der Waals surface area contributed by atoms with Gasteiger partial charge in [-0.1, -0.05) is 29.8 Å². The van der Waals surface area contributed by atoms with Crippen molar-refractivity contribution in [2.75, 3.05) is 18.6 Å². The second kappa shape index (κ2) is 7.92. The Bertz CT molecular complexity index is 1370. The van der Waals surface area contributed by atoms with Gasteiger partial charge in [-0.25, -0.2) is 9.97 Å². The molecule has 5 rings (SSSR count). The van der Waals surface area contributed by atoms with Gasteiger partial charge in [-0.15, -0.1) is 0 Å². The largest absolute Gasteiger partial charge is 0.505 e. The molecule has 1 aliphatic heterocycles. The van der Waals surface area contributed by atoms with Gasteiger partial charge in [0.05, 0.1) is 37.1 Å². The van der Waals surface area contributed by atoms with Crippen molar-refractivity contribution < 1.29 is 14.6 Å². The molecule has 0 bridgehead atoms. The van der Waals surface area contributed by atoms with E-state index in [-0.39, 0.29) is 18.1 Å². The summed E-state index contributed by atoms with van der Waals surface area (Å²) in [5, 5.41) is 10.8. The average molecular weight is 443 g/mol. The normalized spacial score (nSPS) is 12.9. The summed E-state index contributed by atoms with van der Waals surface area (Å²) in [5.41, 5.74) is 8.53. The van der Waals surface area contributed by atoms with Gasteiger partial charge in [0.15, 0.2) is 5.75 Å². The number of rotatable bonds is 4. The van der Waals surface area contributed by atoms with Crippen molar-refractivity contribution in [1.82, 2.24) is 14.5 Å². The Morgan fingerprint density at radius 1 is 1.09 bits per heavy atom. The molecule has 0 amide bonds. The van der Waals surface area contributed by atoms with Crippen LogP contribution in [-0.4, -0.2) is 39.3 Å². The standard InChI is InChI=1S/C26H26N4O3/c1-15-5-7-18(8-6-15)23-20(12-22(32)33-4)17(3)24-25-21(23)11-16(2)29(25)9-10-30(24)26-27-13-19(31)14-28-26/h5-8,11,13-14,31H,9-10,12H2,1-4H3. The van der Waals surface area contributed by atoms with Crippen molar-refractivity contribution in [3.63, 3.8) is 0 Å². The molecule has 0 saturated carbocycles. The number of benzene rings is 2. The molecular weight excluding hydrogens is 416 g/mol. The first-order valence-electron chi connectivity index (χ1n) is 11.0. The van der Waals surface area contributed by atoms with Crippen molar-refractivity contribution in [3.8, 4) is 16.9 Å². The number of aromatic hydroxyl groups is 1. The molecular formula is C26H26N4O3. The minimum absolute atomic E-state index is 0.0259. The zero-order valence-electron chi connectivity index (χ0n) is 19.2. The first kappa shape index (κ1) is 21.0. The van der Waals surface area contributed by atoms with Crippen molar-refractivity contribution >= 4 is 28.5 Å². The number of carbonyl (C=O) groups excluding carboxylic acids is 1. The van der Waals surface area contributed by atoms with Gasteiger partial charge < -0.3 is 19.3 Å². The van der Waals surface area contributed by atoms with Gasteiger partial charge in [0, 0.05) is 24.2 Å². The highest BCUT2D eigenvalue weighted by molar-refractivity contribution is 6.08. The van der Waals surface area contributed by atoms with E-state index in [1.165, 1.54) is 30.8 Å². The van der Waals surface area contributed by atoms with Crippen LogP contribution >= 0.6 is 0 Å². The van der Waals surface area contributed by atoms with Gasteiger partial charge in [-0.3, -0.25) is 4.79 Å². The molecule has 2 aromatic carbocycles. The Hall–Kier alpha value is -3.87. The third-order valence-corrected chi connectivity index (χ3v) is 6.48. The third kappa shape index (κ3) is 3.40. The molecule has 1 N–H and O–H groups in total. The van der Waals surface area contributed by atoms with Crippen LogP contribution in [0.2, 0.25) is 0 Å². The zero-order valence-corrected chi connectivity index (χ0v) is 19.2. The van der Waals surface area contributed by atoms with E-state index in [0.29, 0.717) is 12.5 Å². The average Bonchev–Trinajstić information content (AvgIpc) is 3.15. The van der Waals surface area contributed by atoms with E-state index in [0.717, 1.165) is 45.4 Å². The molecule has 1 aliphatic rings. The quantitative estimate of drug-likeness (QED) is 0.466. The molecule has 168 valence electrons. The number of anilines is 2. The van der Waals surface area contributed by atoms with Crippen LogP contribution in [0.5, 0.6) is 5.75 Å². The Balaban J connectivity index is 1.85. The minimum atomic E-state index is -0.280. The third-order valence-electron chi connectivity index (χ3n) is 6.48. The number of methoxy groups -OCH3 is 1. The van der Waals surface area contributed by atoms with Crippen LogP contribution in [0.4, 0.5) is 11.6 Å². The van der Waals surface area contributed by atoms with E-state index < -0.39 is 0 Å². The Kier molecular flexibility index (Phi) is 5.04. The Morgan fingerprint density at radius 3 is 2.45 bits per heavy atom. The lowest BCUT2D eigenvalue weighted by Crippen LogP contribution is -2.30. The highest BCUT2D eigenvalue weighted by atomic mass is 16.5. The van der Waals surface area contributed by atoms with Crippen LogP contribution in [0.15, 0.2) is 42.7 Å². The smallest absolute Gasteiger partial charge is 0.310 e. The van der Waals surface area contributed by atoms with E-state index in [2.05, 4.69) is 70.5 Å². The monoisotopic (exact) mass is 442 g/mol. The Labute approximate surface area is 192 Å². The maximum absolute atomic E-state index is 12.5. The van der Waals surface area contributed by atoms with Gasteiger partial charge >= 0.3 is 5.97 Å². The van der Waals surface area contributed by atoms with E-state index in [1.807, 2.05) is 0 Å². The van der Waals surface area contributed by atoms with Gasteiger partial charge in [0.25, 0.3) is 0 Å². The lowest BCUT2D eigenvalue weighted by atomic mass is 9.88. The number of aromatic nitrogens is 3. The first-order chi connectivity index (χ1) is 15.9. The summed E-state index contributed by atoms with van der Waals surface area (Å²) in [5.74, 6) is 0.268. The maximum atomic E-state index is 12.5. The second-order valence-corrected chi connectivity index (χ2v) is 8.54. The van der Waals surface area contributed by atoms with Crippen molar-refractivity contribution in [3.05, 3.63) is 65.1 Å². The van der Waals surface area contributed by atoms with Crippen LogP contribution in [-0.2, 0) is 22.5 Å². The summed E-state index contributed by atoms with van der Waals surface area (Å²) in [7, 11) is 1.42. The minimum Gasteiger partial charge on any atom is -0.505 e. The van der Waals surface area contributed by atoms with Gasteiger partial charge in [0.1, 0.15) is 0 Å². The molecule has 0 aliphatic carbocycles. The molecule has 0 saturated heterocycles. The Morgan fingerprint density at radius 2 is 1.79 bits per heavy atom. The number of hydrogen-bond acceptors (Lipinski definition) is 6. The summed E-state index contributed by atoms with van der Waals surface area (Å²) in [4.78, 5) is 23.3. The molecule has 7 heteroatoms. The lowest BCUT2D eigenvalue weighted by Gasteiger charge is -2.33. The molecule has 0 unspecified atom stereocenters. The van der Waals surface area contributed by atoms with E-state index in [4.69, 9.17) is 4.74 Å². The first-order valence-corrected chi connectivity index (χ1v) is 11.0. The predicted molar refractivity (Wildman–Crippen MR) is 128 cm³/mol. The molecule has 33 heavy (non-hydrogen) atoms. The fraction of sp³-hybridized carbons (Fsp3) is 0.269. The predicted octanol–water partition coefficient (Wildman–Crippen LogP) is 4.60. The van der Waals surface area contributed by atoms with Crippen LogP contribution in [0.3, 0.4) is 0 Å². The highest BCUT2D eigenvalue weighted by Crippen LogP contribution is 2.46. The van der Waals surface area contributed by atoms with Gasteiger partial charge in [-0.05, 0) is 49.1 Å². The van der Waals surface area contributed by atoms with Crippen molar-refractivity contribution in [2.45, 2.75) is 33.7 Å². The fourth-order valence-corrected chi connectivity index (χ4v) is 4.86. The van der Waals surface area contributed by atoms with Crippen LogP contribution in [0.25, 0.3) is 22.0 Å². The van der Waals surface area contributed by atoms with Crippen LogP contribution < -0.4 is 4.90 Å². The molecule has 7 nitrogen and oxygen atoms in total. The molecule has 0 atom stereocenters. The van der Waals surface area contributed by atoms with E-state index in [1.54, 1.807) is 0 Å². The molecule has 0 radical (unpaired) electrons. The lowest BCUT2D eigenvalue weighted by molar-refractivity contribution is -0.139. The second-order valence-electron chi connectivity index (χ2n) is 8.54. The summed E-state index contributed by atoms with van der Waals surface area (Å²) < 4.78 is 7.39. The number of esters is 1. The number of nitrogens with zero attached hydrogens (tertiary/aromatic N) is 4. The molecule has 4 aromatic rings. The molecule has 3 heterocycles. The molecule has 0 fully saturated rings. The van der Waals surface area contributed by atoms with Crippen LogP contribution in [0, 0.1) is 20.8 Å². The molecule has 2 aromatic heterocycles. The zero-order chi connectivity index (χ0) is 23.3. The number of hydrogen-bond donors (Lipinski definition) is 1. The summed E-state index contributed by atoms with van der Waals surface area (Å²) in [6.07, 6.45) is 2.98. The highest BCUT2D eigenvalue weighted by Gasteiger charge is 2.30. The summed E-state index contributed by atoms with van der Waals surface area (Å²) in [6, 6.07) is 10.6. The van der Waals surface area contributed by atoms with Crippen LogP contribution in [0.1, 0.15) is 22.4 Å². The topological polar surface area (TPSA) is 80.5 Å². The van der Waals surface area contributed by atoms with Crippen molar-refractivity contribution in [2.24, 2.45) is 0 Å². The van der Waals surface area contributed by atoms with Crippen molar-refractivity contribution in [1.29, 1.82) is 0 Å². The van der Waals surface area contributed by atoms with Gasteiger partial charge in [-0.2, -0.15) is 0 Å². The number of ether oxygens (including phenoxy) is 1. The van der Waals surface area contributed by atoms with E-state index >= 15 is 0 Å². The van der Waals surface area contributed by atoms with Gasteiger partial charge in [0.2, 0.25) is 5.95 Å². The number of carbonyl (C=O) groups is 1. The van der Waals surface area contributed by atoms with E-state index in [9.17, 15) is 9.90 Å². The summed E-state index contributed by atoms with van der Waals surface area (Å²) in [6.45, 7) is 7.71. The molecule has 0 spiro atoms. The number of aryl methyl sites for hydroxylation is 2. The maximum Gasteiger partial charge on any atom is 0.310 e.